The third kappa shape index (κ3) is 6.91. The van der Waals surface area contributed by atoms with Crippen LogP contribution in [0.25, 0.3) is 0 Å². The molecule has 2 N–H and O–H groups in total. The van der Waals surface area contributed by atoms with Gasteiger partial charge in [-0.2, -0.15) is 5.26 Å². The highest BCUT2D eigenvalue weighted by molar-refractivity contribution is 6.31. The highest BCUT2D eigenvalue weighted by atomic mass is 35.5. The molecule has 44 heavy (non-hydrogen) atoms. The molecular weight excluding hydrogens is 607 g/mol. The van der Waals surface area contributed by atoms with Gasteiger partial charge in [-0.15, -0.1) is 0 Å². The van der Waals surface area contributed by atoms with E-state index in [0.29, 0.717) is 6.42 Å². The lowest BCUT2D eigenvalue weighted by atomic mass is 9.62. The molecule has 0 saturated carbocycles. The number of benzene rings is 3. The number of rotatable bonds is 6. The Labute approximate surface area is 266 Å². The normalized spacial score (nSPS) is 21.9. The predicted molar refractivity (Wildman–Crippen MR) is 168 cm³/mol. The van der Waals surface area contributed by atoms with Crippen molar-refractivity contribution < 1.29 is 23.1 Å². The number of anilines is 1. The van der Waals surface area contributed by atoms with E-state index in [0.717, 1.165) is 6.07 Å². The third-order valence-corrected chi connectivity index (χ3v) is 8.02. The van der Waals surface area contributed by atoms with Gasteiger partial charge in [0.05, 0.1) is 22.7 Å². The molecule has 0 radical (unpaired) electrons. The fourth-order valence-electron chi connectivity index (χ4n) is 5.84. The Hall–Kier alpha value is -3.51. The number of halogens is 4. The number of ether oxygens (including phenoxy) is 1. The molecule has 1 amide bonds. The minimum absolute atomic E-state index is 0.0139. The van der Waals surface area contributed by atoms with Gasteiger partial charge in [-0.25, -0.2) is 13.6 Å². The van der Waals surface area contributed by atoms with Crippen LogP contribution in [0.3, 0.4) is 0 Å². The van der Waals surface area contributed by atoms with Gasteiger partial charge in [-0.1, -0.05) is 68.2 Å². The Morgan fingerprint density at radius 3 is 2.32 bits per heavy atom. The van der Waals surface area contributed by atoms with Crippen molar-refractivity contribution >= 4 is 40.8 Å². The molecule has 4 rings (SSSR count). The van der Waals surface area contributed by atoms with Crippen LogP contribution in [0.15, 0.2) is 60.7 Å². The lowest BCUT2D eigenvalue weighted by Crippen LogP contribution is -2.45. The first-order chi connectivity index (χ1) is 20.5. The second-order valence-electron chi connectivity index (χ2n) is 13.3. The van der Waals surface area contributed by atoms with Crippen molar-refractivity contribution in [2.24, 2.45) is 5.41 Å². The summed E-state index contributed by atoms with van der Waals surface area (Å²) < 4.78 is 37.1. The summed E-state index contributed by atoms with van der Waals surface area (Å²) in [4.78, 5) is 26.8. The van der Waals surface area contributed by atoms with Crippen LogP contribution in [0.4, 0.5) is 14.5 Å². The van der Waals surface area contributed by atoms with Crippen molar-refractivity contribution in [3.8, 4) is 6.07 Å². The maximum atomic E-state index is 15.9. The first-order valence-electron chi connectivity index (χ1n) is 14.2. The molecule has 4 atom stereocenters. The van der Waals surface area contributed by atoms with E-state index >= 15 is 8.78 Å². The quantitative estimate of drug-likeness (QED) is 0.265. The molecule has 1 heterocycles. The number of esters is 1. The number of nitriles is 1. The van der Waals surface area contributed by atoms with E-state index in [1.165, 1.54) is 36.4 Å². The second kappa shape index (κ2) is 12.5. The number of nitrogens with zero attached hydrogens (tertiary/aromatic N) is 1. The lowest BCUT2D eigenvalue weighted by Gasteiger charge is -2.37. The number of amides is 1. The summed E-state index contributed by atoms with van der Waals surface area (Å²) in [5.74, 6) is -3.96. The lowest BCUT2D eigenvalue weighted by molar-refractivity contribution is -0.118. The zero-order valence-corrected chi connectivity index (χ0v) is 26.9. The van der Waals surface area contributed by atoms with Crippen LogP contribution in [-0.4, -0.2) is 29.6 Å². The Bertz CT molecular complexity index is 1630. The fourth-order valence-corrected chi connectivity index (χ4v) is 6.18. The van der Waals surface area contributed by atoms with Crippen molar-refractivity contribution in [1.29, 1.82) is 5.26 Å². The van der Waals surface area contributed by atoms with Crippen molar-refractivity contribution in [2.75, 3.05) is 5.32 Å². The molecule has 10 heteroatoms. The molecule has 0 spiro atoms. The van der Waals surface area contributed by atoms with Crippen LogP contribution in [0.2, 0.25) is 10.0 Å². The topological polar surface area (TPSA) is 91.2 Å². The first-order valence-corrected chi connectivity index (χ1v) is 14.9. The Morgan fingerprint density at radius 1 is 1.02 bits per heavy atom. The Morgan fingerprint density at radius 2 is 1.70 bits per heavy atom. The van der Waals surface area contributed by atoms with Crippen LogP contribution in [-0.2, 0) is 14.9 Å². The summed E-state index contributed by atoms with van der Waals surface area (Å²) in [6, 6.07) is 14.9. The molecule has 0 aromatic heterocycles. The summed E-state index contributed by atoms with van der Waals surface area (Å²) in [5.41, 5.74) is -2.39. The molecule has 1 aliphatic heterocycles. The molecule has 6 nitrogen and oxygen atoms in total. The van der Waals surface area contributed by atoms with E-state index in [4.69, 9.17) is 27.9 Å². The van der Waals surface area contributed by atoms with E-state index in [1.54, 1.807) is 39.0 Å². The second-order valence-corrected chi connectivity index (χ2v) is 14.1. The molecular formula is C34H35Cl2F2N3O3. The molecule has 3 aromatic rings. The minimum Gasteiger partial charge on any atom is -0.456 e. The highest BCUT2D eigenvalue weighted by Gasteiger charge is 2.61. The first kappa shape index (κ1) is 33.4. The maximum Gasteiger partial charge on any atom is 0.338 e. The van der Waals surface area contributed by atoms with Crippen molar-refractivity contribution in [3.63, 3.8) is 0 Å². The average Bonchev–Trinajstić information content (AvgIpc) is 3.22. The number of carbonyl (C=O) groups is 2. The van der Waals surface area contributed by atoms with Crippen LogP contribution < -0.4 is 10.6 Å². The molecule has 1 saturated heterocycles. The van der Waals surface area contributed by atoms with Crippen molar-refractivity contribution in [1.82, 2.24) is 5.32 Å². The molecule has 3 aromatic carbocycles. The van der Waals surface area contributed by atoms with Crippen LogP contribution >= 0.6 is 23.2 Å². The zero-order valence-electron chi connectivity index (χ0n) is 25.4. The molecule has 2 unspecified atom stereocenters. The van der Waals surface area contributed by atoms with Gasteiger partial charge in [0.25, 0.3) is 0 Å². The molecule has 1 aliphatic rings. The van der Waals surface area contributed by atoms with Crippen molar-refractivity contribution in [3.05, 3.63) is 99.0 Å². The SMILES string of the molecule is CC(C)(C)CC1N[C@@H](C(=O)Nc2cccc(C(=O)OC(C)(C)C)c2)C(c2cccc(Cl)c2F)[C@@]1(C#N)c1ccc(Cl)cc1F. The number of nitrogens with one attached hydrogen (secondary N) is 2. The molecule has 1 fully saturated rings. The maximum absolute atomic E-state index is 15.9. The number of hydrogen-bond donors (Lipinski definition) is 2. The van der Waals surface area contributed by atoms with E-state index < -0.39 is 52.5 Å². The summed E-state index contributed by atoms with van der Waals surface area (Å²) in [7, 11) is 0. The van der Waals surface area contributed by atoms with E-state index in [2.05, 4.69) is 16.7 Å². The third-order valence-electron chi connectivity index (χ3n) is 7.50. The smallest absolute Gasteiger partial charge is 0.338 e. The summed E-state index contributed by atoms with van der Waals surface area (Å²) >= 11 is 12.3. The summed E-state index contributed by atoms with van der Waals surface area (Å²) in [5, 5.41) is 17.0. The van der Waals surface area contributed by atoms with Gasteiger partial charge in [-0.3, -0.25) is 4.79 Å². The van der Waals surface area contributed by atoms with E-state index in [9.17, 15) is 14.9 Å². The molecule has 232 valence electrons. The summed E-state index contributed by atoms with van der Waals surface area (Å²) in [6.07, 6.45) is 0.333. The van der Waals surface area contributed by atoms with Gasteiger partial charge in [0.1, 0.15) is 22.7 Å². The van der Waals surface area contributed by atoms with Gasteiger partial charge in [-0.05, 0) is 74.6 Å². The van der Waals surface area contributed by atoms with Crippen LogP contribution in [0, 0.1) is 28.4 Å². The Balaban J connectivity index is 1.87. The minimum atomic E-state index is -1.76. The van der Waals surface area contributed by atoms with Gasteiger partial charge in [0, 0.05) is 28.2 Å². The van der Waals surface area contributed by atoms with Gasteiger partial charge in [0.15, 0.2) is 0 Å². The average molecular weight is 643 g/mol. The Kier molecular flexibility index (Phi) is 9.46. The van der Waals surface area contributed by atoms with E-state index in [-0.39, 0.29) is 37.8 Å². The predicted octanol–water partition coefficient (Wildman–Crippen LogP) is 8.19. The van der Waals surface area contributed by atoms with Crippen molar-refractivity contribution in [2.45, 2.75) is 77.0 Å². The fraction of sp³-hybridized carbons (Fsp3) is 0.382. The monoisotopic (exact) mass is 641 g/mol. The number of hydrogen-bond acceptors (Lipinski definition) is 5. The molecule has 0 aliphatic carbocycles. The van der Waals surface area contributed by atoms with E-state index in [1.807, 2.05) is 20.8 Å². The van der Waals surface area contributed by atoms with Gasteiger partial charge in [0.2, 0.25) is 5.91 Å². The van der Waals surface area contributed by atoms with Gasteiger partial charge < -0.3 is 15.4 Å². The highest BCUT2D eigenvalue weighted by Crippen LogP contribution is 2.52. The largest absolute Gasteiger partial charge is 0.456 e. The number of carbonyl (C=O) groups excluding carboxylic acids is 2. The summed E-state index contributed by atoms with van der Waals surface area (Å²) in [6.45, 7) is 11.1. The standard InChI is InChI=1S/C34H35Cl2F2N3O3/c1-32(2,3)17-26-34(18-39,23-14-13-20(35)16-25(23)37)27(22-11-8-12-24(36)28(22)38)29(41-26)30(42)40-21-10-7-9-19(15-21)31(43)44-33(4,5)6/h7-16,26-27,29,41H,17H2,1-6H3,(H,40,42)/t26?,27?,29-,34+/m1/s1. The van der Waals surface area contributed by atoms with Crippen LogP contribution in [0.5, 0.6) is 0 Å². The van der Waals surface area contributed by atoms with Gasteiger partial charge >= 0.3 is 5.97 Å². The van der Waals surface area contributed by atoms with Crippen LogP contribution in [0.1, 0.15) is 75.4 Å². The molecule has 0 bridgehead atoms. The zero-order chi connectivity index (χ0) is 32.6.